The summed E-state index contributed by atoms with van der Waals surface area (Å²) in [6.07, 6.45) is -9.46. The van der Waals surface area contributed by atoms with Gasteiger partial charge in [0.2, 0.25) is 0 Å². The summed E-state index contributed by atoms with van der Waals surface area (Å²) in [6.45, 7) is 1.11. The molecule has 2 heterocycles. The van der Waals surface area contributed by atoms with Crippen LogP contribution in [0, 0.1) is 0 Å². The summed E-state index contributed by atoms with van der Waals surface area (Å²) in [5, 5.41) is 48.7. The van der Waals surface area contributed by atoms with Gasteiger partial charge in [0, 0.05) is 13.5 Å². The number of aliphatic hydroxyl groups is 5. The Morgan fingerprint density at radius 3 is 2.27 bits per heavy atom. The van der Waals surface area contributed by atoms with Crippen LogP contribution < -0.4 is 0 Å². The van der Waals surface area contributed by atoms with E-state index in [9.17, 15) is 25.5 Å². The van der Waals surface area contributed by atoms with Crippen molar-refractivity contribution in [3.05, 3.63) is 0 Å². The summed E-state index contributed by atoms with van der Waals surface area (Å²) >= 11 is 0. The zero-order chi connectivity index (χ0) is 16.4. The molecule has 0 aromatic rings. The summed E-state index contributed by atoms with van der Waals surface area (Å²) in [6, 6.07) is 0. The Morgan fingerprint density at radius 1 is 1.00 bits per heavy atom. The van der Waals surface area contributed by atoms with Crippen LogP contribution in [0.2, 0.25) is 0 Å². The predicted molar refractivity (Wildman–Crippen MR) is 70.6 cm³/mol. The molecule has 0 saturated carbocycles. The summed E-state index contributed by atoms with van der Waals surface area (Å²) in [5.74, 6) is 0. The normalized spacial score (nSPS) is 50.0. The molecule has 2 fully saturated rings. The highest BCUT2D eigenvalue weighted by Crippen LogP contribution is 2.28. The number of ether oxygens (including phenoxy) is 4. The van der Waals surface area contributed by atoms with E-state index in [0.717, 1.165) is 0 Å². The fraction of sp³-hybridized carbons (Fsp3) is 1.00. The molecule has 130 valence electrons. The molecule has 2 saturated heterocycles. The first-order chi connectivity index (χ1) is 10.4. The van der Waals surface area contributed by atoms with Crippen molar-refractivity contribution in [2.24, 2.45) is 0 Å². The molecule has 0 aromatic heterocycles. The van der Waals surface area contributed by atoms with E-state index in [-0.39, 0.29) is 6.42 Å². The van der Waals surface area contributed by atoms with Crippen LogP contribution in [0.15, 0.2) is 0 Å². The Morgan fingerprint density at radius 2 is 1.68 bits per heavy atom. The van der Waals surface area contributed by atoms with Gasteiger partial charge in [0.1, 0.15) is 30.5 Å². The third kappa shape index (κ3) is 3.58. The number of hydrogen-bond acceptors (Lipinski definition) is 9. The molecule has 2 rings (SSSR count). The molecule has 0 aromatic carbocycles. The van der Waals surface area contributed by atoms with Crippen molar-refractivity contribution in [2.75, 3.05) is 13.7 Å². The molecule has 0 bridgehead atoms. The minimum Gasteiger partial charge on any atom is -0.394 e. The van der Waals surface area contributed by atoms with Gasteiger partial charge >= 0.3 is 0 Å². The first-order valence-corrected chi connectivity index (χ1v) is 7.21. The van der Waals surface area contributed by atoms with E-state index in [2.05, 4.69) is 0 Å². The fourth-order valence-corrected chi connectivity index (χ4v) is 2.64. The minimum absolute atomic E-state index is 0.160. The number of hydrogen-bond donors (Lipinski definition) is 5. The monoisotopic (exact) mass is 324 g/mol. The Hall–Kier alpha value is -0.360. The fourth-order valence-electron chi connectivity index (χ4n) is 2.64. The van der Waals surface area contributed by atoms with E-state index >= 15 is 0 Å². The molecule has 9 heteroatoms. The second kappa shape index (κ2) is 7.47. The average Bonchev–Trinajstić information content (AvgIpc) is 2.52. The van der Waals surface area contributed by atoms with Crippen molar-refractivity contribution in [3.8, 4) is 0 Å². The largest absolute Gasteiger partial charge is 0.394 e. The van der Waals surface area contributed by atoms with Gasteiger partial charge in [-0.3, -0.25) is 0 Å². The Kier molecular flexibility index (Phi) is 6.11. The maximum absolute atomic E-state index is 10.1. The summed E-state index contributed by atoms with van der Waals surface area (Å²) in [7, 11) is 1.42. The van der Waals surface area contributed by atoms with Gasteiger partial charge in [0.05, 0.1) is 18.8 Å². The smallest absolute Gasteiger partial charge is 0.186 e. The van der Waals surface area contributed by atoms with Crippen molar-refractivity contribution in [3.63, 3.8) is 0 Å². The van der Waals surface area contributed by atoms with E-state index in [4.69, 9.17) is 18.9 Å². The van der Waals surface area contributed by atoms with Crippen molar-refractivity contribution in [1.82, 2.24) is 0 Å². The Labute approximate surface area is 128 Å². The topological polar surface area (TPSA) is 138 Å². The van der Waals surface area contributed by atoms with Gasteiger partial charge in [-0.2, -0.15) is 0 Å². The van der Waals surface area contributed by atoms with Crippen LogP contribution in [0.4, 0.5) is 0 Å². The van der Waals surface area contributed by atoms with Gasteiger partial charge in [-0.1, -0.05) is 0 Å². The zero-order valence-corrected chi connectivity index (χ0v) is 12.5. The molecule has 0 spiro atoms. The van der Waals surface area contributed by atoms with Gasteiger partial charge in [-0.05, 0) is 6.92 Å². The predicted octanol–water partition coefficient (Wildman–Crippen LogP) is -2.69. The molecule has 5 N–H and O–H groups in total. The van der Waals surface area contributed by atoms with Gasteiger partial charge < -0.3 is 44.5 Å². The minimum atomic E-state index is -1.46. The van der Waals surface area contributed by atoms with Gasteiger partial charge in [0.25, 0.3) is 0 Å². The van der Waals surface area contributed by atoms with E-state index in [1.165, 1.54) is 14.0 Å². The molecule has 9 atom stereocenters. The molecule has 9 nitrogen and oxygen atoms in total. The second-order valence-electron chi connectivity index (χ2n) is 5.60. The lowest BCUT2D eigenvalue weighted by atomic mass is 9.98. The van der Waals surface area contributed by atoms with Crippen LogP contribution in [0.25, 0.3) is 0 Å². The SMILES string of the molecule is COC1CC(OC2O[C@@H](C)[C@@H](O)[C@@H](O)C2O)[C@H](O)C(CO)O1. The molecule has 2 aliphatic heterocycles. The lowest BCUT2D eigenvalue weighted by molar-refractivity contribution is -0.333. The Bertz CT molecular complexity index is 354. The van der Waals surface area contributed by atoms with Crippen molar-refractivity contribution < 1.29 is 44.5 Å². The maximum Gasteiger partial charge on any atom is 0.186 e. The van der Waals surface area contributed by atoms with Crippen LogP contribution >= 0.6 is 0 Å². The molecule has 22 heavy (non-hydrogen) atoms. The van der Waals surface area contributed by atoms with Gasteiger partial charge in [0.15, 0.2) is 12.6 Å². The molecule has 0 amide bonds. The van der Waals surface area contributed by atoms with E-state index in [1.807, 2.05) is 0 Å². The first-order valence-electron chi connectivity index (χ1n) is 7.21. The first kappa shape index (κ1) is 18.0. The van der Waals surface area contributed by atoms with Crippen LogP contribution in [0.3, 0.4) is 0 Å². The molecule has 5 unspecified atom stereocenters. The molecule has 0 radical (unpaired) electrons. The van der Waals surface area contributed by atoms with Crippen molar-refractivity contribution in [2.45, 2.75) is 68.7 Å². The summed E-state index contributed by atoms with van der Waals surface area (Å²) in [4.78, 5) is 0. The zero-order valence-electron chi connectivity index (χ0n) is 12.5. The molecule has 0 aliphatic carbocycles. The van der Waals surface area contributed by atoms with E-state index in [0.29, 0.717) is 0 Å². The quantitative estimate of drug-likeness (QED) is 0.374. The highest BCUT2D eigenvalue weighted by molar-refractivity contribution is 4.90. The van der Waals surface area contributed by atoms with Crippen LogP contribution in [-0.2, 0) is 18.9 Å². The standard InChI is InChI=1S/C13H24O9/c1-5-9(15)11(17)12(18)13(20-5)22-6-3-8(19-2)21-7(4-14)10(6)16/h5-18H,3-4H2,1-2H3/t5-,6?,7?,8?,9+,10-,11+,12?,13?/m0/s1. The Balaban J connectivity index is 2.04. The van der Waals surface area contributed by atoms with Crippen molar-refractivity contribution >= 4 is 0 Å². The van der Waals surface area contributed by atoms with E-state index < -0.39 is 61.9 Å². The third-order valence-electron chi connectivity index (χ3n) is 4.07. The maximum atomic E-state index is 10.1. The molecular weight excluding hydrogens is 300 g/mol. The van der Waals surface area contributed by atoms with Crippen LogP contribution in [0.1, 0.15) is 13.3 Å². The average molecular weight is 324 g/mol. The highest BCUT2D eigenvalue weighted by Gasteiger charge is 2.46. The number of methoxy groups -OCH3 is 1. The lowest BCUT2D eigenvalue weighted by Crippen LogP contribution is -2.60. The molecule has 2 aliphatic rings. The number of rotatable bonds is 4. The van der Waals surface area contributed by atoms with E-state index in [1.54, 1.807) is 0 Å². The molecular formula is C13H24O9. The van der Waals surface area contributed by atoms with Crippen LogP contribution in [0.5, 0.6) is 0 Å². The third-order valence-corrected chi connectivity index (χ3v) is 4.07. The summed E-state index contributed by atoms with van der Waals surface area (Å²) < 4.78 is 21.2. The van der Waals surface area contributed by atoms with Crippen LogP contribution in [-0.4, -0.2) is 94.6 Å². The second-order valence-corrected chi connectivity index (χ2v) is 5.60. The van der Waals surface area contributed by atoms with Gasteiger partial charge in [-0.15, -0.1) is 0 Å². The lowest BCUT2D eigenvalue weighted by Gasteiger charge is -2.43. The highest BCUT2D eigenvalue weighted by atomic mass is 16.7. The summed E-state index contributed by atoms with van der Waals surface area (Å²) in [5.41, 5.74) is 0. The number of aliphatic hydroxyl groups excluding tert-OH is 5. The van der Waals surface area contributed by atoms with Crippen molar-refractivity contribution in [1.29, 1.82) is 0 Å². The van der Waals surface area contributed by atoms with Gasteiger partial charge in [-0.25, -0.2) is 0 Å².